The molecule has 1 unspecified atom stereocenters. The van der Waals surface area contributed by atoms with Crippen molar-refractivity contribution in [2.75, 3.05) is 19.7 Å². The second kappa shape index (κ2) is 9.42. The number of hydrogen-bond acceptors (Lipinski definition) is 4. The van der Waals surface area contributed by atoms with Crippen molar-refractivity contribution < 1.29 is 24.2 Å². The summed E-state index contributed by atoms with van der Waals surface area (Å²) in [6, 6.07) is 16.2. The van der Waals surface area contributed by atoms with E-state index in [4.69, 9.17) is 9.84 Å². The van der Waals surface area contributed by atoms with Crippen molar-refractivity contribution >= 4 is 18.0 Å². The van der Waals surface area contributed by atoms with Gasteiger partial charge in [0.2, 0.25) is 5.91 Å². The summed E-state index contributed by atoms with van der Waals surface area (Å²) in [4.78, 5) is 37.1. The molecule has 0 radical (unpaired) electrons. The smallest absolute Gasteiger partial charge is 0.407 e. The van der Waals surface area contributed by atoms with Gasteiger partial charge in [-0.25, -0.2) is 4.79 Å². The molecule has 1 saturated heterocycles. The molecule has 7 nitrogen and oxygen atoms in total. The lowest BCUT2D eigenvalue weighted by Crippen LogP contribution is -2.53. The van der Waals surface area contributed by atoms with Gasteiger partial charge in [0.25, 0.3) is 0 Å². The standard InChI is InChI=1S/C25H28N2O5/c1-2-17(11-12-23(28)27-13-16(14-27)24(29)30)26-25(31)32-15-22-20-9-5-3-7-18(20)19-8-4-6-10-21(19)22/h3-10,16-17,22H,2,11-15H2,1H3,(H,26,31)(H,29,30). The van der Waals surface area contributed by atoms with Gasteiger partial charge in [0.05, 0.1) is 5.92 Å². The molecule has 1 heterocycles. The molecule has 2 aliphatic rings. The molecule has 4 rings (SSSR count). The van der Waals surface area contributed by atoms with Crippen LogP contribution < -0.4 is 5.32 Å². The van der Waals surface area contributed by atoms with Gasteiger partial charge in [-0.15, -0.1) is 0 Å². The molecule has 0 bridgehead atoms. The van der Waals surface area contributed by atoms with Crippen LogP contribution in [-0.4, -0.2) is 53.7 Å². The summed E-state index contributed by atoms with van der Waals surface area (Å²) < 4.78 is 5.59. The highest BCUT2D eigenvalue weighted by molar-refractivity contribution is 5.81. The molecule has 2 aromatic rings. The summed E-state index contributed by atoms with van der Waals surface area (Å²) in [6.07, 6.45) is 0.957. The summed E-state index contributed by atoms with van der Waals surface area (Å²) in [5, 5.41) is 11.8. The average Bonchev–Trinajstić information content (AvgIpc) is 3.07. The number of fused-ring (bicyclic) bond motifs is 3. The SMILES string of the molecule is CCC(CCC(=O)N1CC(C(=O)O)C1)NC(=O)OCC1c2ccccc2-c2ccccc21. The first-order chi connectivity index (χ1) is 15.5. The molecule has 0 spiro atoms. The summed E-state index contributed by atoms with van der Waals surface area (Å²) in [7, 11) is 0. The fraction of sp³-hybridized carbons (Fsp3) is 0.400. The largest absolute Gasteiger partial charge is 0.481 e. The first kappa shape index (κ1) is 21.9. The number of nitrogens with one attached hydrogen (secondary N) is 1. The van der Waals surface area contributed by atoms with Gasteiger partial charge in [0.1, 0.15) is 6.61 Å². The third kappa shape index (κ3) is 4.47. The van der Waals surface area contributed by atoms with E-state index in [1.165, 1.54) is 11.1 Å². The highest BCUT2D eigenvalue weighted by atomic mass is 16.5. The Hall–Kier alpha value is -3.35. The molecule has 0 saturated carbocycles. The minimum Gasteiger partial charge on any atom is -0.481 e. The maximum absolute atomic E-state index is 12.5. The minimum atomic E-state index is -0.864. The van der Waals surface area contributed by atoms with Crippen LogP contribution in [0.4, 0.5) is 4.79 Å². The second-order valence-corrected chi connectivity index (χ2v) is 8.45. The molecule has 7 heteroatoms. The summed E-state index contributed by atoms with van der Waals surface area (Å²) in [5.74, 6) is -1.39. The first-order valence-corrected chi connectivity index (χ1v) is 11.1. The number of nitrogens with zero attached hydrogens (tertiary/aromatic N) is 1. The normalized spacial score (nSPS) is 16.0. The van der Waals surface area contributed by atoms with Crippen LogP contribution in [0.1, 0.15) is 43.2 Å². The maximum Gasteiger partial charge on any atom is 0.407 e. The number of carbonyl (C=O) groups excluding carboxylic acids is 2. The van der Waals surface area contributed by atoms with Gasteiger partial charge in [-0.1, -0.05) is 55.5 Å². The van der Waals surface area contributed by atoms with E-state index >= 15 is 0 Å². The van der Waals surface area contributed by atoms with Crippen LogP contribution in [-0.2, 0) is 14.3 Å². The minimum absolute atomic E-state index is 0.00315. The number of rotatable bonds is 8. The molecular formula is C25H28N2O5. The predicted octanol–water partition coefficient (Wildman–Crippen LogP) is 3.63. The quantitative estimate of drug-likeness (QED) is 0.659. The number of amides is 2. The van der Waals surface area contributed by atoms with Gasteiger partial charge in [0, 0.05) is 31.5 Å². The zero-order valence-electron chi connectivity index (χ0n) is 18.1. The lowest BCUT2D eigenvalue weighted by Gasteiger charge is -2.37. The van der Waals surface area contributed by atoms with Crippen molar-refractivity contribution in [3.8, 4) is 11.1 Å². The highest BCUT2D eigenvalue weighted by Crippen LogP contribution is 2.44. The molecule has 2 N–H and O–H groups in total. The van der Waals surface area contributed by atoms with E-state index in [2.05, 4.69) is 29.6 Å². The fourth-order valence-corrected chi connectivity index (χ4v) is 4.48. The molecular weight excluding hydrogens is 408 g/mol. The molecule has 1 aliphatic carbocycles. The van der Waals surface area contributed by atoms with Crippen molar-refractivity contribution in [2.45, 2.75) is 38.1 Å². The molecule has 32 heavy (non-hydrogen) atoms. The van der Waals surface area contributed by atoms with Crippen LogP contribution in [0.25, 0.3) is 11.1 Å². The lowest BCUT2D eigenvalue weighted by molar-refractivity contribution is -0.152. The van der Waals surface area contributed by atoms with E-state index in [1.807, 2.05) is 31.2 Å². The topological polar surface area (TPSA) is 95.9 Å². The van der Waals surface area contributed by atoms with Gasteiger partial charge in [0.15, 0.2) is 0 Å². The van der Waals surface area contributed by atoms with Crippen LogP contribution in [0, 0.1) is 5.92 Å². The van der Waals surface area contributed by atoms with Gasteiger partial charge >= 0.3 is 12.1 Å². The average molecular weight is 437 g/mol. The van der Waals surface area contributed by atoms with Crippen molar-refractivity contribution in [1.29, 1.82) is 0 Å². The fourth-order valence-electron chi connectivity index (χ4n) is 4.48. The Labute approximate surface area is 187 Å². The molecule has 2 aromatic carbocycles. The number of carboxylic acids is 1. The Bertz CT molecular complexity index is 969. The van der Waals surface area contributed by atoms with Crippen LogP contribution in [0.15, 0.2) is 48.5 Å². The number of ether oxygens (including phenoxy) is 1. The summed E-state index contributed by atoms with van der Waals surface area (Å²) in [6.45, 7) is 2.73. The molecule has 0 aromatic heterocycles. The van der Waals surface area contributed by atoms with Gasteiger partial charge < -0.3 is 20.1 Å². The molecule has 1 atom stereocenters. The van der Waals surface area contributed by atoms with Gasteiger partial charge in [-0.3, -0.25) is 9.59 Å². The summed E-state index contributed by atoms with van der Waals surface area (Å²) in [5.41, 5.74) is 4.68. The van der Waals surface area contributed by atoms with Crippen molar-refractivity contribution in [3.63, 3.8) is 0 Å². The number of carboxylic acid groups (broad SMARTS) is 1. The number of hydrogen-bond donors (Lipinski definition) is 2. The molecule has 168 valence electrons. The van der Waals surface area contributed by atoms with E-state index in [1.54, 1.807) is 4.90 Å². The van der Waals surface area contributed by atoms with Crippen molar-refractivity contribution in [1.82, 2.24) is 10.2 Å². The Morgan fingerprint density at radius 2 is 1.66 bits per heavy atom. The molecule has 2 amide bonds. The Balaban J connectivity index is 1.27. The third-order valence-corrected chi connectivity index (χ3v) is 6.45. The maximum atomic E-state index is 12.5. The molecule has 1 fully saturated rings. The number of likely N-dealkylation sites (tertiary alicyclic amines) is 1. The van der Waals surface area contributed by atoms with E-state index in [0.717, 1.165) is 11.1 Å². The highest BCUT2D eigenvalue weighted by Gasteiger charge is 2.35. The number of benzene rings is 2. The van der Waals surface area contributed by atoms with E-state index < -0.39 is 18.0 Å². The van der Waals surface area contributed by atoms with E-state index in [-0.39, 0.29) is 44.0 Å². The van der Waals surface area contributed by atoms with Crippen LogP contribution >= 0.6 is 0 Å². The molecule has 1 aliphatic heterocycles. The van der Waals surface area contributed by atoms with E-state index in [0.29, 0.717) is 12.8 Å². The Kier molecular flexibility index (Phi) is 6.44. The van der Waals surface area contributed by atoms with Gasteiger partial charge in [-0.05, 0) is 35.1 Å². The van der Waals surface area contributed by atoms with Crippen LogP contribution in [0.5, 0.6) is 0 Å². The zero-order chi connectivity index (χ0) is 22.7. The lowest BCUT2D eigenvalue weighted by atomic mass is 9.98. The third-order valence-electron chi connectivity index (χ3n) is 6.45. The zero-order valence-corrected chi connectivity index (χ0v) is 18.1. The van der Waals surface area contributed by atoms with Gasteiger partial charge in [-0.2, -0.15) is 0 Å². The van der Waals surface area contributed by atoms with Crippen molar-refractivity contribution in [3.05, 3.63) is 59.7 Å². The second-order valence-electron chi connectivity index (χ2n) is 8.45. The number of alkyl carbamates (subject to hydrolysis) is 1. The first-order valence-electron chi connectivity index (χ1n) is 11.1. The Morgan fingerprint density at radius 3 is 2.22 bits per heavy atom. The van der Waals surface area contributed by atoms with Crippen molar-refractivity contribution in [2.24, 2.45) is 5.92 Å². The van der Waals surface area contributed by atoms with Crippen LogP contribution in [0.3, 0.4) is 0 Å². The Morgan fingerprint density at radius 1 is 1.06 bits per heavy atom. The number of carbonyl (C=O) groups is 3. The van der Waals surface area contributed by atoms with E-state index in [9.17, 15) is 14.4 Å². The number of aliphatic carboxylic acids is 1. The monoisotopic (exact) mass is 436 g/mol. The van der Waals surface area contributed by atoms with Crippen LogP contribution in [0.2, 0.25) is 0 Å². The predicted molar refractivity (Wildman–Crippen MR) is 119 cm³/mol. The summed E-state index contributed by atoms with van der Waals surface area (Å²) >= 11 is 0.